The van der Waals surface area contributed by atoms with E-state index in [1.807, 2.05) is 45.0 Å². The number of hydrogen-bond acceptors (Lipinski definition) is 2. The molecular weight excluding hydrogens is 150 g/mol. The SMILES string of the molecule is CC.Cc1nc2ccccc2o1. The van der Waals surface area contributed by atoms with Crippen LogP contribution in [-0.4, -0.2) is 4.98 Å². The number of benzene rings is 1. The number of hydrogen-bond donors (Lipinski definition) is 0. The van der Waals surface area contributed by atoms with Crippen LogP contribution < -0.4 is 0 Å². The minimum atomic E-state index is 0.723. The summed E-state index contributed by atoms with van der Waals surface area (Å²) in [5, 5.41) is 0. The Hall–Kier alpha value is -1.31. The van der Waals surface area contributed by atoms with Gasteiger partial charge in [0.1, 0.15) is 5.52 Å². The molecule has 0 unspecified atom stereocenters. The van der Waals surface area contributed by atoms with Crippen molar-refractivity contribution < 1.29 is 4.42 Å². The maximum Gasteiger partial charge on any atom is 0.192 e. The first kappa shape index (κ1) is 8.78. The van der Waals surface area contributed by atoms with Crippen LogP contribution in [0.1, 0.15) is 19.7 Å². The highest BCUT2D eigenvalue weighted by Gasteiger charge is 1.97. The Balaban J connectivity index is 0.000000336. The number of para-hydroxylation sites is 2. The molecule has 12 heavy (non-hydrogen) atoms. The number of rotatable bonds is 0. The average molecular weight is 163 g/mol. The predicted molar refractivity (Wildman–Crippen MR) is 50.1 cm³/mol. The maximum atomic E-state index is 5.26. The topological polar surface area (TPSA) is 26.0 Å². The van der Waals surface area contributed by atoms with Crippen LogP contribution in [0, 0.1) is 6.92 Å². The lowest BCUT2D eigenvalue weighted by atomic mass is 10.3. The zero-order valence-corrected chi connectivity index (χ0v) is 7.66. The highest BCUT2D eigenvalue weighted by Crippen LogP contribution is 2.12. The van der Waals surface area contributed by atoms with E-state index in [0.29, 0.717) is 0 Å². The van der Waals surface area contributed by atoms with Crippen LogP contribution in [0.25, 0.3) is 11.1 Å². The molecule has 0 saturated carbocycles. The molecule has 1 aromatic heterocycles. The van der Waals surface area contributed by atoms with E-state index in [0.717, 1.165) is 17.0 Å². The fourth-order valence-corrected chi connectivity index (χ4v) is 0.987. The summed E-state index contributed by atoms with van der Waals surface area (Å²) in [6.45, 7) is 5.85. The van der Waals surface area contributed by atoms with Gasteiger partial charge in [0.15, 0.2) is 11.5 Å². The molecule has 0 fully saturated rings. The highest BCUT2D eigenvalue weighted by atomic mass is 16.3. The molecule has 0 spiro atoms. The van der Waals surface area contributed by atoms with Gasteiger partial charge in [-0.3, -0.25) is 0 Å². The zero-order chi connectivity index (χ0) is 8.97. The highest BCUT2D eigenvalue weighted by molar-refractivity contribution is 5.71. The third-order valence-corrected chi connectivity index (χ3v) is 1.40. The molecule has 1 heterocycles. The standard InChI is InChI=1S/C8H7NO.C2H6/c1-6-9-7-4-2-3-5-8(7)10-6;1-2/h2-5H,1H3;1-2H3. The largest absolute Gasteiger partial charge is 0.441 e. The number of nitrogens with zero attached hydrogens (tertiary/aromatic N) is 1. The van der Waals surface area contributed by atoms with Crippen molar-refractivity contribution in [2.75, 3.05) is 0 Å². The quantitative estimate of drug-likeness (QED) is 0.596. The number of aromatic nitrogens is 1. The lowest BCUT2D eigenvalue weighted by molar-refractivity contribution is 0.561. The van der Waals surface area contributed by atoms with Gasteiger partial charge in [-0.25, -0.2) is 4.98 Å². The van der Waals surface area contributed by atoms with Crippen LogP contribution in [0.3, 0.4) is 0 Å². The second-order valence-electron chi connectivity index (χ2n) is 2.20. The zero-order valence-electron chi connectivity index (χ0n) is 7.66. The minimum Gasteiger partial charge on any atom is -0.441 e. The molecule has 0 aliphatic heterocycles. The molecule has 0 bridgehead atoms. The van der Waals surface area contributed by atoms with Crippen molar-refractivity contribution in [2.45, 2.75) is 20.8 Å². The van der Waals surface area contributed by atoms with Gasteiger partial charge in [-0.2, -0.15) is 0 Å². The van der Waals surface area contributed by atoms with E-state index in [9.17, 15) is 0 Å². The molecule has 2 rings (SSSR count). The molecule has 0 aliphatic carbocycles. The monoisotopic (exact) mass is 163 g/mol. The second kappa shape index (κ2) is 3.90. The van der Waals surface area contributed by atoms with Gasteiger partial charge in [0, 0.05) is 6.92 Å². The van der Waals surface area contributed by atoms with E-state index >= 15 is 0 Å². The maximum absolute atomic E-state index is 5.26. The molecule has 2 aromatic rings. The lowest BCUT2D eigenvalue weighted by Gasteiger charge is -1.79. The fraction of sp³-hybridized carbons (Fsp3) is 0.300. The van der Waals surface area contributed by atoms with Crippen LogP contribution >= 0.6 is 0 Å². The summed E-state index contributed by atoms with van der Waals surface area (Å²) >= 11 is 0. The first-order chi connectivity index (χ1) is 5.86. The van der Waals surface area contributed by atoms with Crippen molar-refractivity contribution in [3.8, 4) is 0 Å². The Kier molecular flexibility index (Phi) is 2.86. The second-order valence-corrected chi connectivity index (χ2v) is 2.20. The Labute approximate surface area is 72.2 Å². The van der Waals surface area contributed by atoms with Crippen molar-refractivity contribution in [1.29, 1.82) is 0 Å². The van der Waals surface area contributed by atoms with Crippen molar-refractivity contribution in [3.05, 3.63) is 30.2 Å². The van der Waals surface area contributed by atoms with Gasteiger partial charge in [0.05, 0.1) is 0 Å². The number of aryl methyl sites for hydroxylation is 1. The summed E-state index contributed by atoms with van der Waals surface area (Å²) in [6.07, 6.45) is 0. The summed E-state index contributed by atoms with van der Waals surface area (Å²) in [5.74, 6) is 0.723. The van der Waals surface area contributed by atoms with E-state index in [-0.39, 0.29) is 0 Å². The molecule has 2 nitrogen and oxygen atoms in total. The third-order valence-electron chi connectivity index (χ3n) is 1.40. The molecule has 0 aliphatic rings. The van der Waals surface area contributed by atoms with Crippen LogP contribution in [0.15, 0.2) is 28.7 Å². The van der Waals surface area contributed by atoms with Crippen molar-refractivity contribution in [2.24, 2.45) is 0 Å². The summed E-state index contributed by atoms with van der Waals surface area (Å²) < 4.78 is 5.26. The molecular formula is C10H13NO. The van der Waals surface area contributed by atoms with Crippen LogP contribution in [0.2, 0.25) is 0 Å². The molecule has 1 aromatic carbocycles. The van der Waals surface area contributed by atoms with E-state index in [1.165, 1.54) is 0 Å². The Morgan fingerprint density at radius 2 is 1.83 bits per heavy atom. The average Bonchev–Trinajstić information content (AvgIpc) is 2.48. The van der Waals surface area contributed by atoms with Gasteiger partial charge in [-0.1, -0.05) is 26.0 Å². The van der Waals surface area contributed by atoms with Crippen molar-refractivity contribution >= 4 is 11.1 Å². The molecule has 0 N–H and O–H groups in total. The number of oxazole rings is 1. The van der Waals surface area contributed by atoms with Gasteiger partial charge in [-0.15, -0.1) is 0 Å². The first-order valence-corrected chi connectivity index (χ1v) is 4.18. The van der Waals surface area contributed by atoms with Crippen molar-refractivity contribution in [1.82, 2.24) is 4.98 Å². The van der Waals surface area contributed by atoms with Gasteiger partial charge in [0.25, 0.3) is 0 Å². The van der Waals surface area contributed by atoms with Crippen LogP contribution in [0.4, 0.5) is 0 Å². The van der Waals surface area contributed by atoms with Crippen LogP contribution in [-0.2, 0) is 0 Å². The van der Waals surface area contributed by atoms with Gasteiger partial charge in [0.2, 0.25) is 0 Å². The smallest absolute Gasteiger partial charge is 0.192 e. The Bertz CT molecular complexity index is 318. The van der Waals surface area contributed by atoms with E-state index in [2.05, 4.69) is 4.98 Å². The Morgan fingerprint density at radius 3 is 2.50 bits per heavy atom. The van der Waals surface area contributed by atoms with Gasteiger partial charge in [-0.05, 0) is 12.1 Å². The van der Waals surface area contributed by atoms with Gasteiger partial charge < -0.3 is 4.42 Å². The van der Waals surface area contributed by atoms with E-state index < -0.39 is 0 Å². The lowest BCUT2D eigenvalue weighted by Crippen LogP contribution is -1.65. The summed E-state index contributed by atoms with van der Waals surface area (Å²) in [7, 11) is 0. The number of fused-ring (bicyclic) bond motifs is 1. The Morgan fingerprint density at radius 1 is 1.17 bits per heavy atom. The van der Waals surface area contributed by atoms with Crippen LogP contribution in [0.5, 0.6) is 0 Å². The first-order valence-electron chi connectivity index (χ1n) is 4.18. The summed E-state index contributed by atoms with van der Waals surface area (Å²) in [4.78, 5) is 4.15. The van der Waals surface area contributed by atoms with E-state index in [1.54, 1.807) is 0 Å². The molecule has 0 amide bonds. The molecule has 0 radical (unpaired) electrons. The summed E-state index contributed by atoms with van der Waals surface area (Å²) in [5.41, 5.74) is 1.79. The van der Waals surface area contributed by atoms with Gasteiger partial charge >= 0.3 is 0 Å². The molecule has 2 heteroatoms. The normalized spacial score (nSPS) is 9.25. The molecule has 0 atom stereocenters. The van der Waals surface area contributed by atoms with Crippen molar-refractivity contribution in [3.63, 3.8) is 0 Å². The van der Waals surface area contributed by atoms with E-state index in [4.69, 9.17) is 4.42 Å². The summed E-state index contributed by atoms with van der Waals surface area (Å²) in [6, 6.07) is 7.73. The fourth-order valence-electron chi connectivity index (χ4n) is 0.987. The molecule has 0 saturated heterocycles. The third kappa shape index (κ3) is 1.64. The molecule has 64 valence electrons. The predicted octanol–water partition coefficient (Wildman–Crippen LogP) is 3.16. The minimum absolute atomic E-state index is 0.723.